The van der Waals surface area contributed by atoms with Crippen molar-refractivity contribution in [2.24, 2.45) is 11.8 Å². The molecule has 0 aromatic heterocycles. The maximum atomic E-state index is 13.7. The van der Waals surface area contributed by atoms with E-state index in [9.17, 15) is 19.2 Å². The average Bonchev–Trinajstić information content (AvgIpc) is 3.40. The fourth-order valence-corrected chi connectivity index (χ4v) is 5.28. The highest BCUT2D eigenvalue weighted by molar-refractivity contribution is 6.01. The van der Waals surface area contributed by atoms with Crippen molar-refractivity contribution >= 4 is 29.2 Å². The van der Waals surface area contributed by atoms with E-state index in [2.05, 4.69) is 5.32 Å². The van der Waals surface area contributed by atoms with Crippen LogP contribution in [-0.2, 0) is 14.4 Å². The van der Waals surface area contributed by atoms with E-state index < -0.39 is 12.1 Å². The van der Waals surface area contributed by atoms with E-state index in [-0.39, 0.29) is 47.9 Å². The lowest BCUT2D eigenvalue weighted by molar-refractivity contribution is -0.138. The Kier molecular flexibility index (Phi) is 8.56. The molecule has 3 atom stereocenters. The number of hydrogen-bond acceptors (Lipinski definition) is 5. The normalized spacial score (nSPS) is 20.4. The number of nitrogens with one attached hydrogen (secondary N) is 1. The number of likely N-dealkylation sites (tertiary alicyclic amines) is 2. The Morgan fingerprint density at radius 2 is 1.66 bits per heavy atom. The van der Waals surface area contributed by atoms with Gasteiger partial charge in [-0.15, -0.1) is 0 Å². The largest absolute Gasteiger partial charge is 0.378 e. The van der Waals surface area contributed by atoms with Gasteiger partial charge in [0.05, 0.1) is 12.6 Å². The van der Waals surface area contributed by atoms with Gasteiger partial charge in [-0.05, 0) is 55.9 Å². The van der Waals surface area contributed by atoms with Crippen LogP contribution in [0.4, 0.5) is 5.69 Å². The molecule has 2 aliphatic heterocycles. The summed E-state index contributed by atoms with van der Waals surface area (Å²) >= 11 is 0. The number of carbonyl (C=O) groups excluding carboxylic acids is 4. The molecule has 8 heteroatoms. The van der Waals surface area contributed by atoms with Gasteiger partial charge in [0.25, 0.3) is 5.91 Å². The van der Waals surface area contributed by atoms with Crippen LogP contribution in [0.2, 0.25) is 0 Å². The van der Waals surface area contributed by atoms with Crippen LogP contribution in [0.5, 0.6) is 0 Å². The minimum Gasteiger partial charge on any atom is -0.378 e. The van der Waals surface area contributed by atoms with Gasteiger partial charge in [-0.25, -0.2) is 0 Å². The van der Waals surface area contributed by atoms with Crippen LogP contribution in [0.25, 0.3) is 0 Å². The first-order chi connectivity index (χ1) is 16.6. The second kappa shape index (κ2) is 11.2. The molecule has 0 aliphatic carbocycles. The van der Waals surface area contributed by atoms with Gasteiger partial charge in [-0.2, -0.15) is 0 Å². The van der Waals surface area contributed by atoms with E-state index in [1.807, 2.05) is 58.8 Å². The van der Waals surface area contributed by atoms with Crippen LogP contribution >= 0.6 is 0 Å². The lowest BCUT2D eigenvalue weighted by atomic mass is 10.0. The number of benzene rings is 1. The van der Waals surface area contributed by atoms with E-state index in [0.717, 1.165) is 18.5 Å². The molecule has 192 valence electrons. The molecule has 2 unspecified atom stereocenters. The van der Waals surface area contributed by atoms with Crippen LogP contribution in [0.15, 0.2) is 24.3 Å². The molecule has 1 N–H and O–H groups in total. The van der Waals surface area contributed by atoms with Crippen LogP contribution in [0, 0.1) is 11.8 Å². The molecule has 2 heterocycles. The summed E-state index contributed by atoms with van der Waals surface area (Å²) in [6, 6.07) is 5.60. The molecule has 3 rings (SSSR count). The minimum absolute atomic E-state index is 0.0124. The predicted molar refractivity (Wildman–Crippen MR) is 136 cm³/mol. The number of rotatable bonds is 9. The number of fused-ring (bicyclic) bond motifs is 1. The van der Waals surface area contributed by atoms with Gasteiger partial charge in [0, 0.05) is 37.8 Å². The highest BCUT2D eigenvalue weighted by atomic mass is 16.2. The zero-order chi connectivity index (χ0) is 25.9. The lowest BCUT2D eigenvalue weighted by Crippen LogP contribution is -2.53. The van der Waals surface area contributed by atoms with E-state index >= 15 is 0 Å². The fourth-order valence-electron chi connectivity index (χ4n) is 5.28. The Morgan fingerprint density at radius 3 is 2.20 bits per heavy atom. The first kappa shape index (κ1) is 26.7. The van der Waals surface area contributed by atoms with Gasteiger partial charge >= 0.3 is 0 Å². The van der Waals surface area contributed by atoms with Crippen molar-refractivity contribution in [1.82, 2.24) is 15.1 Å². The monoisotopic (exact) mass is 484 g/mol. The summed E-state index contributed by atoms with van der Waals surface area (Å²) in [6.07, 6.45) is 2.53. The molecule has 1 aromatic carbocycles. The highest BCUT2D eigenvalue weighted by Crippen LogP contribution is 2.32. The molecule has 0 radical (unpaired) electrons. The van der Waals surface area contributed by atoms with Crippen molar-refractivity contribution in [1.29, 1.82) is 0 Å². The number of nitrogens with zero attached hydrogens (tertiary/aromatic N) is 3. The molecule has 2 saturated heterocycles. The summed E-state index contributed by atoms with van der Waals surface area (Å²) in [7, 11) is 3.86. The third kappa shape index (κ3) is 5.68. The number of Topliss-reactive ketones (excluding diaryl/α,β-unsaturated/α-hetero) is 1. The maximum absolute atomic E-state index is 13.7. The maximum Gasteiger partial charge on any atom is 0.251 e. The molecule has 35 heavy (non-hydrogen) atoms. The molecule has 3 amide bonds. The van der Waals surface area contributed by atoms with Crippen molar-refractivity contribution < 1.29 is 19.2 Å². The molecule has 0 saturated carbocycles. The number of hydrogen-bond donors (Lipinski definition) is 1. The van der Waals surface area contributed by atoms with E-state index in [1.54, 1.807) is 21.9 Å². The quantitative estimate of drug-likeness (QED) is 0.582. The van der Waals surface area contributed by atoms with Crippen molar-refractivity contribution in [2.75, 3.05) is 32.1 Å². The zero-order valence-corrected chi connectivity index (χ0v) is 21.9. The van der Waals surface area contributed by atoms with Crippen molar-refractivity contribution in [3.8, 4) is 0 Å². The number of anilines is 1. The molecular formula is C27H40N4O4. The first-order valence-electron chi connectivity index (χ1n) is 12.8. The third-order valence-electron chi connectivity index (χ3n) is 7.28. The third-order valence-corrected chi connectivity index (χ3v) is 7.28. The summed E-state index contributed by atoms with van der Waals surface area (Å²) in [6.45, 7) is 8.45. The second-order valence-corrected chi connectivity index (χ2v) is 10.4. The van der Waals surface area contributed by atoms with Gasteiger partial charge in [0.2, 0.25) is 11.8 Å². The Bertz CT molecular complexity index is 939. The molecule has 0 bridgehead atoms. The summed E-state index contributed by atoms with van der Waals surface area (Å²) in [5.41, 5.74) is 1.46. The predicted octanol–water partition coefficient (Wildman–Crippen LogP) is 2.71. The van der Waals surface area contributed by atoms with Gasteiger partial charge in [0.1, 0.15) is 12.1 Å². The van der Waals surface area contributed by atoms with E-state index in [1.165, 1.54) is 0 Å². The van der Waals surface area contributed by atoms with Gasteiger partial charge in [-0.1, -0.05) is 27.7 Å². The SMILES string of the molecule is CCC(CC)C(=O)N1CC(=O)C2C1CCN2C(=O)[C@H](CC(C)C)NC(=O)c1ccc(N(C)C)cc1. The first-order valence-corrected chi connectivity index (χ1v) is 12.8. The Hall–Kier alpha value is -2.90. The number of ketones is 1. The molecule has 2 aliphatic rings. The van der Waals surface area contributed by atoms with Crippen molar-refractivity contribution in [3.05, 3.63) is 29.8 Å². The minimum atomic E-state index is -0.730. The molecular weight excluding hydrogens is 444 g/mol. The summed E-state index contributed by atoms with van der Waals surface area (Å²) in [5, 5.41) is 2.92. The van der Waals surface area contributed by atoms with Crippen LogP contribution in [0.1, 0.15) is 63.7 Å². The van der Waals surface area contributed by atoms with Crippen LogP contribution < -0.4 is 10.2 Å². The second-order valence-electron chi connectivity index (χ2n) is 10.4. The lowest BCUT2D eigenvalue weighted by Gasteiger charge is -2.29. The molecule has 1 aromatic rings. The van der Waals surface area contributed by atoms with E-state index in [0.29, 0.717) is 24.9 Å². The van der Waals surface area contributed by atoms with Gasteiger partial charge < -0.3 is 20.0 Å². The fraction of sp³-hybridized carbons (Fsp3) is 0.630. The van der Waals surface area contributed by atoms with Crippen molar-refractivity contribution in [2.45, 2.75) is 71.5 Å². The zero-order valence-electron chi connectivity index (χ0n) is 21.9. The number of amides is 3. The van der Waals surface area contributed by atoms with E-state index in [4.69, 9.17) is 0 Å². The van der Waals surface area contributed by atoms with Crippen LogP contribution in [-0.4, -0.2) is 78.6 Å². The van der Waals surface area contributed by atoms with Gasteiger partial charge in [-0.3, -0.25) is 19.2 Å². The summed E-state index contributed by atoms with van der Waals surface area (Å²) in [4.78, 5) is 57.9. The Balaban J connectivity index is 1.76. The average molecular weight is 485 g/mol. The topological polar surface area (TPSA) is 90.0 Å². The molecule has 0 spiro atoms. The Labute approximate surface area is 209 Å². The van der Waals surface area contributed by atoms with Gasteiger partial charge in [0.15, 0.2) is 5.78 Å². The Morgan fingerprint density at radius 1 is 1.03 bits per heavy atom. The number of carbonyl (C=O) groups is 4. The highest BCUT2D eigenvalue weighted by Gasteiger charge is 2.52. The summed E-state index contributed by atoms with van der Waals surface area (Å²) < 4.78 is 0. The van der Waals surface area contributed by atoms with Crippen molar-refractivity contribution in [3.63, 3.8) is 0 Å². The molecule has 8 nitrogen and oxygen atoms in total. The standard InChI is InChI=1S/C27H40N4O4/c1-7-18(8-2)26(34)31-16-23(32)24-22(31)13-14-30(24)27(35)21(15-17(3)4)28-25(33)19-9-11-20(12-10-19)29(5)6/h9-12,17-18,21-22,24H,7-8,13-16H2,1-6H3,(H,28,33)/t21-,22?,24?/m0/s1. The smallest absolute Gasteiger partial charge is 0.251 e. The van der Waals surface area contributed by atoms with Crippen LogP contribution in [0.3, 0.4) is 0 Å². The summed E-state index contributed by atoms with van der Waals surface area (Å²) in [5.74, 6) is -0.556. The molecule has 2 fully saturated rings.